The summed E-state index contributed by atoms with van der Waals surface area (Å²) in [7, 11) is 1.50. The van der Waals surface area contributed by atoms with Crippen LogP contribution in [0.5, 0.6) is 0 Å². The van der Waals surface area contributed by atoms with Crippen LogP contribution in [0, 0.1) is 5.41 Å². The minimum atomic E-state index is -0.838. The zero-order chi connectivity index (χ0) is 26.4. The summed E-state index contributed by atoms with van der Waals surface area (Å²) < 4.78 is 17.5. The SMILES string of the molecule is C[C@@H](C(=O)N[C@H]1CCO[C@H]2CC(C)(C)C(c3nc4ccccc4o3)N2C1=O)N(C)C(=O)OC(C)(C)C. The van der Waals surface area contributed by atoms with Crippen LogP contribution in [0.1, 0.15) is 66.3 Å². The third-order valence-corrected chi connectivity index (χ3v) is 6.80. The van der Waals surface area contributed by atoms with E-state index in [1.807, 2.05) is 24.3 Å². The Bertz CT molecular complexity index is 1120. The summed E-state index contributed by atoms with van der Waals surface area (Å²) in [6.45, 7) is 11.3. The van der Waals surface area contributed by atoms with Gasteiger partial charge in [0.2, 0.25) is 17.7 Å². The van der Waals surface area contributed by atoms with Gasteiger partial charge in [-0.25, -0.2) is 9.78 Å². The molecule has 196 valence electrons. The fourth-order valence-corrected chi connectivity index (χ4v) is 4.79. The molecule has 1 aromatic carbocycles. The fraction of sp³-hybridized carbons (Fsp3) is 0.615. The number of para-hydroxylation sites is 2. The molecule has 4 atom stereocenters. The van der Waals surface area contributed by atoms with E-state index < -0.39 is 42.0 Å². The van der Waals surface area contributed by atoms with Crippen molar-refractivity contribution in [3.05, 3.63) is 30.2 Å². The van der Waals surface area contributed by atoms with Crippen molar-refractivity contribution in [3.8, 4) is 0 Å². The number of carbonyl (C=O) groups excluding carboxylic acids is 3. The van der Waals surface area contributed by atoms with Gasteiger partial charge < -0.3 is 24.1 Å². The fourth-order valence-electron chi connectivity index (χ4n) is 4.79. The smallest absolute Gasteiger partial charge is 0.410 e. The van der Waals surface area contributed by atoms with Gasteiger partial charge in [-0.05, 0) is 51.7 Å². The van der Waals surface area contributed by atoms with Crippen molar-refractivity contribution in [2.24, 2.45) is 5.41 Å². The first-order chi connectivity index (χ1) is 16.8. The standard InChI is InChI=1S/C26H36N4O6/c1-15(29(7)24(33)36-25(2,3)4)21(31)27-17-12-13-34-19-14-26(5,6)20(30(19)23(17)32)22-28-16-10-8-9-11-18(16)35-22/h8-11,15,17,19-20H,12-14H2,1-7H3,(H,27,31)/t15-,17-,19-,20?/m0/s1. The largest absolute Gasteiger partial charge is 0.444 e. The molecule has 2 saturated heterocycles. The van der Waals surface area contributed by atoms with Gasteiger partial charge >= 0.3 is 6.09 Å². The van der Waals surface area contributed by atoms with Crippen LogP contribution in [0.3, 0.4) is 0 Å². The molecule has 36 heavy (non-hydrogen) atoms. The number of nitrogens with zero attached hydrogens (tertiary/aromatic N) is 3. The van der Waals surface area contributed by atoms with Gasteiger partial charge in [0.25, 0.3) is 0 Å². The van der Waals surface area contributed by atoms with Gasteiger partial charge in [-0.3, -0.25) is 14.5 Å². The van der Waals surface area contributed by atoms with Crippen LogP contribution in [0.25, 0.3) is 11.1 Å². The van der Waals surface area contributed by atoms with Crippen LogP contribution in [0.15, 0.2) is 28.7 Å². The van der Waals surface area contributed by atoms with Crippen LogP contribution in [-0.2, 0) is 19.1 Å². The average Bonchev–Trinajstić information content (AvgIpc) is 3.28. The monoisotopic (exact) mass is 500 g/mol. The van der Waals surface area contributed by atoms with E-state index in [4.69, 9.17) is 13.9 Å². The summed E-state index contributed by atoms with van der Waals surface area (Å²) in [5.41, 5.74) is 0.322. The Morgan fingerprint density at radius 1 is 1.28 bits per heavy atom. The molecule has 1 N–H and O–H groups in total. The molecule has 0 saturated carbocycles. The number of oxazole rings is 1. The molecule has 3 heterocycles. The number of amides is 3. The van der Waals surface area contributed by atoms with Crippen molar-refractivity contribution in [1.82, 2.24) is 20.1 Å². The number of likely N-dealkylation sites (N-methyl/N-ethyl adjacent to an activating group) is 1. The van der Waals surface area contributed by atoms with Crippen molar-refractivity contribution in [2.75, 3.05) is 13.7 Å². The van der Waals surface area contributed by atoms with Crippen LogP contribution in [-0.4, -0.2) is 70.3 Å². The minimum Gasteiger partial charge on any atom is -0.444 e. The molecule has 2 aromatic rings. The zero-order valence-electron chi connectivity index (χ0n) is 22.0. The Kier molecular flexibility index (Phi) is 6.76. The summed E-state index contributed by atoms with van der Waals surface area (Å²) in [5.74, 6) is -0.251. The summed E-state index contributed by atoms with van der Waals surface area (Å²) >= 11 is 0. The highest BCUT2D eigenvalue weighted by Crippen LogP contribution is 2.51. The van der Waals surface area contributed by atoms with E-state index in [9.17, 15) is 14.4 Å². The number of hydrogen-bond donors (Lipinski definition) is 1. The van der Waals surface area contributed by atoms with Crippen molar-refractivity contribution in [3.63, 3.8) is 0 Å². The maximum atomic E-state index is 13.8. The molecule has 0 bridgehead atoms. The molecule has 2 aliphatic rings. The normalized spacial score (nSPS) is 24.7. The number of carbonyl (C=O) groups is 3. The molecule has 1 aromatic heterocycles. The first-order valence-corrected chi connectivity index (χ1v) is 12.3. The molecule has 0 radical (unpaired) electrons. The van der Waals surface area contributed by atoms with Gasteiger partial charge in [0.1, 0.15) is 35.5 Å². The highest BCUT2D eigenvalue weighted by atomic mass is 16.6. The second-order valence-electron chi connectivity index (χ2n) is 11.3. The number of ether oxygens (including phenoxy) is 2. The summed E-state index contributed by atoms with van der Waals surface area (Å²) in [4.78, 5) is 46.9. The van der Waals surface area contributed by atoms with Gasteiger partial charge in [0.15, 0.2) is 5.58 Å². The molecule has 0 aliphatic carbocycles. The number of benzene rings is 1. The van der Waals surface area contributed by atoms with Crippen LogP contribution < -0.4 is 5.32 Å². The molecule has 3 amide bonds. The average molecular weight is 501 g/mol. The Morgan fingerprint density at radius 2 is 1.97 bits per heavy atom. The third kappa shape index (κ3) is 5.04. The molecule has 10 heteroatoms. The molecule has 2 aliphatic heterocycles. The quantitative estimate of drug-likeness (QED) is 0.682. The van der Waals surface area contributed by atoms with Gasteiger partial charge in [-0.1, -0.05) is 26.0 Å². The van der Waals surface area contributed by atoms with Gasteiger partial charge in [-0.15, -0.1) is 0 Å². The first-order valence-electron chi connectivity index (χ1n) is 12.3. The maximum Gasteiger partial charge on any atom is 0.410 e. The number of fused-ring (bicyclic) bond motifs is 2. The van der Waals surface area contributed by atoms with E-state index in [-0.39, 0.29) is 11.3 Å². The van der Waals surface area contributed by atoms with E-state index in [2.05, 4.69) is 24.1 Å². The Morgan fingerprint density at radius 3 is 2.64 bits per heavy atom. The van der Waals surface area contributed by atoms with Gasteiger partial charge in [-0.2, -0.15) is 0 Å². The van der Waals surface area contributed by atoms with E-state index in [0.717, 1.165) is 5.52 Å². The number of nitrogens with one attached hydrogen (secondary N) is 1. The van der Waals surface area contributed by atoms with E-state index in [1.165, 1.54) is 11.9 Å². The molecular formula is C26H36N4O6. The van der Waals surface area contributed by atoms with Crippen molar-refractivity contribution in [2.45, 2.75) is 84.3 Å². The number of aromatic nitrogens is 1. The molecule has 4 rings (SSSR count). The highest BCUT2D eigenvalue weighted by Gasteiger charge is 2.54. The van der Waals surface area contributed by atoms with E-state index >= 15 is 0 Å². The van der Waals surface area contributed by atoms with E-state index in [1.54, 1.807) is 32.6 Å². The molecule has 10 nitrogen and oxygen atoms in total. The lowest BCUT2D eigenvalue weighted by molar-refractivity contribution is -0.145. The molecule has 2 fully saturated rings. The second kappa shape index (κ2) is 9.38. The van der Waals surface area contributed by atoms with Crippen LogP contribution >= 0.6 is 0 Å². The Labute approximate surface area is 211 Å². The van der Waals surface area contributed by atoms with Gasteiger partial charge in [0, 0.05) is 13.5 Å². The molecule has 0 spiro atoms. The van der Waals surface area contributed by atoms with Gasteiger partial charge in [0.05, 0.1) is 6.61 Å². The summed E-state index contributed by atoms with van der Waals surface area (Å²) in [5, 5.41) is 2.84. The van der Waals surface area contributed by atoms with Crippen LogP contribution in [0.2, 0.25) is 0 Å². The Balaban J connectivity index is 1.54. The van der Waals surface area contributed by atoms with E-state index in [0.29, 0.717) is 30.9 Å². The molecule has 1 unspecified atom stereocenters. The lowest BCUT2D eigenvalue weighted by Gasteiger charge is -2.33. The first kappa shape index (κ1) is 25.9. The summed E-state index contributed by atoms with van der Waals surface area (Å²) in [6, 6.07) is 5.38. The predicted molar refractivity (Wildman–Crippen MR) is 132 cm³/mol. The summed E-state index contributed by atoms with van der Waals surface area (Å²) in [6.07, 6.45) is -0.129. The topological polar surface area (TPSA) is 114 Å². The molecular weight excluding hydrogens is 464 g/mol. The maximum absolute atomic E-state index is 13.8. The minimum absolute atomic E-state index is 0.254. The highest BCUT2D eigenvalue weighted by molar-refractivity contribution is 5.91. The second-order valence-corrected chi connectivity index (χ2v) is 11.3. The predicted octanol–water partition coefficient (Wildman–Crippen LogP) is 3.61. The lowest BCUT2D eigenvalue weighted by atomic mass is 9.84. The Hall–Kier alpha value is -3.14. The number of hydrogen-bond acceptors (Lipinski definition) is 7. The van der Waals surface area contributed by atoms with Crippen molar-refractivity contribution >= 4 is 29.0 Å². The zero-order valence-corrected chi connectivity index (χ0v) is 22.0. The third-order valence-electron chi connectivity index (χ3n) is 6.80. The van der Waals surface area contributed by atoms with Crippen molar-refractivity contribution < 1.29 is 28.3 Å². The lowest BCUT2D eigenvalue weighted by Crippen LogP contribution is -2.54. The number of rotatable bonds is 4. The van der Waals surface area contributed by atoms with Crippen molar-refractivity contribution in [1.29, 1.82) is 0 Å². The van der Waals surface area contributed by atoms with Crippen LogP contribution in [0.4, 0.5) is 4.79 Å².